The second-order valence-corrected chi connectivity index (χ2v) is 8.54. The van der Waals surface area contributed by atoms with Gasteiger partial charge in [0.15, 0.2) is 0 Å². The van der Waals surface area contributed by atoms with Gasteiger partial charge in [0.05, 0.1) is 11.1 Å². The van der Waals surface area contributed by atoms with Crippen LogP contribution in [0.15, 0.2) is 18.2 Å². The molecule has 2 N–H and O–H groups in total. The number of carbonyl (C=O) groups is 4. The molecule has 3 fully saturated rings. The Morgan fingerprint density at radius 1 is 1.11 bits per heavy atom. The summed E-state index contributed by atoms with van der Waals surface area (Å²) >= 11 is 0. The molecular formula is C20H22N4O4. The van der Waals surface area contributed by atoms with Crippen LogP contribution in [0.2, 0.25) is 0 Å². The van der Waals surface area contributed by atoms with Crippen LogP contribution in [0.25, 0.3) is 0 Å². The number of hydrogen-bond donors (Lipinski definition) is 2. The van der Waals surface area contributed by atoms with E-state index in [0.29, 0.717) is 17.0 Å². The summed E-state index contributed by atoms with van der Waals surface area (Å²) in [4.78, 5) is 52.6. The van der Waals surface area contributed by atoms with Gasteiger partial charge in [-0.15, -0.1) is 0 Å². The fourth-order valence-electron chi connectivity index (χ4n) is 5.01. The SMILES string of the molecule is C[C@]12CNC[C@H]1CN(c1ccc3c(c1)C(=O)N(C1CCC(=O)NC1=O)C3=O)C2. The van der Waals surface area contributed by atoms with Crippen molar-refractivity contribution in [3.05, 3.63) is 29.3 Å². The summed E-state index contributed by atoms with van der Waals surface area (Å²) in [5.74, 6) is -1.31. The standard InChI is InChI=1S/C20H22N4O4/c1-20-9-21-7-11(20)8-23(10-20)12-2-3-13-14(6-12)19(28)24(18(13)27)15-4-5-16(25)22-17(15)26/h2-3,6,11,15,21H,4-5,7-10H2,1H3,(H,22,25,26)/t11-,15?,20+/m0/s1. The van der Waals surface area contributed by atoms with E-state index in [-0.39, 0.29) is 24.2 Å². The summed E-state index contributed by atoms with van der Waals surface area (Å²) in [5.41, 5.74) is 1.82. The van der Waals surface area contributed by atoms with Gasteiger partial charge in [-0.05, 0) is 30.5 Å². The average Bonchev–Trinajstić information content (AvgIpc) is 3.24. The second-order valence-electron chi connectivity index (χ2n) is 8.54. The van der Waals surface area contributed by atoms with Crippen molar-refractivity contribution >= 4 is 29.3 Å². The van der Waals surface area contributed by atoms with Gasteiger partial charge < -0.3 is 10.2 Å². The van der Waals surface area contributed by atoms with Crippen LogP contribution in [-0.2, 0) is 9.59 Å². The quantitative estimate of drug-likeness (QED) is 0.706. The molecule has 3 atom stereocenters. The zero-order chi connectivity index (χ0) is 19.6. The van der Waals surface area contributed by atoms with Gasteiger partial charge in [-0.1, -0.05) is 6.92 Å². The maximum absolute atomic E-state index is 13.0. The van der Waals surface area contributed by atoms with E-state index in [2.05, 4.69) is 22.5 Å². The highest BCUT2D eigenvalue weighted by Gasteiger charge is 2.47. The van der Waals surface area contributed by atoms with E-state index in [9.17, 15) is 19.2 Å². The van der Waals surface area contributed by atoms with E-state index in [1.807, 2.05) is 6.07 Å². The Kier molecular flexibility index (Phi) is 3.64. The Morgan fingerprint density at radius 3 is 2.64 bits per heavy atom. The lowest BCUT2D eigenvalue weighted by molar-refractivity contribution is -0.136. The minimum Gasteiger partial charge on any atom is -0.371 e. The van der Waals surface area contributed by atoms with Gasteiger partial charge in [0, 0.05) is 43.7 Å². The topological polar surface area (TPSA) is 98.8 Å². The molecule has 4 amide bonds. The first kappa shape index (κ1) is 17.4. The third kappa shape index (κ3) is 2.40. The minimum absolute atomic E-state index is 0.122. The Morgan fingerprint density at radius 2 is 1.89 bits per heavy atom. The number of piperidine rings is 1. The zero-order valence-corrected chi connectivity index (χ0v) is 15.7. The molecule has 4 heterocycles. The number of nitrogens with zero attached hydrogens (tertiary/aromatic N) is 2. The molecule has 8 nitrogen and oxygen atoms in total. The number of hydrogen-bond acceptors (Lipinski definition) is 6. The van der Waals surface area contributed by atoms with Gasteiger partial charge >= 0.3 is 0 Å². The van der Waals surface area contributed by atoms with Crippen LogP contribution in [-0.4, -0.2) is 60.7 Å². The average molecular weight is 382 g/mol. The van der Waals surface area contributed by atoms with Crippen molar-refractivity contribution in [2.24, 2.45) is 11.3 Å². The third-order valence-corrected chi connectivity index (χ3v) is 6.69. The molecule has 3 saturated heterocycles. The summed E-state index contributed by atoms with van der Waals surface area (Å²) in [6.07, 6.45) is 0.291. The lowest BCUT2D eigenvalue weighted by Crippen LogP contribution is -2.54. The summed E-state index contributed by atoms with van der Waals surface area (Å²) in [6.45, 7) is 6.09. The van der Waals surface area contributed by atoms with Crippen LogP contribution in [0.3, 0.4) is 0 Å². The fraction of sp³-hybridized carbons (Fsp3) is 0.500. The molecule has 8 heteroatoms. The van der Waals surface area contributed by atoms with E-state index in [1.54, 1.807) is 12.1 Å². The Hall–Kier alpha value is -2.74. The van der Waals surface area contributed by atoms with Crippen LogP contribution in [0.1, 0.15) is 40.5 Å². The van der Waals surface area contributed by atoms with Crippen molar-refractivity contribution in [2.75, 3.05) is 31.1 Å². The molecule has 0 bridgehead atoms. The van der Waals surface area contributed by atoms with Crippen molar-refractivity contribution in [3.63, 3.8) is 0 Å². The number of imide groups is 2. The van der Waals surface area contributed by atoms with Crippen molar-refractivity contribution in [2.45, 2.75) is 25.8 Å². The molecule has 0 aliphatic carbocycles. The van der Waals surface area contributed by atoms with Crippen LogP contribution >= 0.6 is 0 Å². The summed E-state index contributed by atoms with van der Waals surface area (Å²) in [5, 5.41) is 5.67. The number of amides is 4. The van der Waals surface area contributed by atoms with Gasteiger partial charge in [0.1, 0.15) is 6.04 Å². The van der Waals surface area contributed by atoms with Crippen LogP contribution in [0.4, 0.5) is 5.69 Å². The van der Waals surface area contributed by atoms with Crippen LogP contribution in [0.5, 0.6) is 0 Å². The largest absolute Gasteiger partial charge is 0.371 e. The van der Waals surface area contributed by atoms with Gasteiger partial charge in [0.2, 0.25) is 11.8 Å². The normalized spacial score (nSPS) is 32.0. The molecule has 0 spiro atoms. The van der Waals surface area contributed by atoms with Gasteiger partial charge in [-0.3, -0.25) is 29.4 Å². The molecule has 28 heavy (non-hydrogen) atoms. The van der Waals surface area contributed by atoms with E-state index >= 15 is 0 Å². The lowest BCUT2D eigenvalue weighted by atomic mass is 9.83. The van der Waals surface area contributed by atoms with E-state index in [0.717, 1.165) is 36.8 Å². The second kappa shape index (κ2) is 5.88. The summed E-state index contributed by atoms with van der Waals surface area (Å²) < 4.78 is 0. The Balaban J connectivity index is 1.42. The number of anilines is 1. The lowest BCUT2D eigenvalue weighted by Gasteiger charge is -2.27. The van der Waals surface area contributed by atoms with Crippen molar-refractivity contribution in [3.8, 4) is 0 Å². The molecule has 4 aliphatic rings. The molecule has 0 saturated carbocycles. The molecule has 0 radical (unpaired) electrons. The molecular weight excluding hydrogens is 360 g/mol. The number of benzene rings is 1. The van der Waals surface area contributed by atoms with Gasteiger partial charge in [-0.25, -0.2) is 0 Å². The van der Waals surface area contributed by atoms with Gasteiger partial charge in [-0.2, -0.15) is 0 Å². The van der Waals surface area contributed by atoms with Crippen molar-refractivity contribution in [1.82, 2.24) is 15.5 Å². The first-order valence-electron chi connectivity index (χ1n) is 9.69. The maximum atomic E-state index is 13.0. The highest BCUT2D eigenvalue weighted by molar-refractivity contribution is 6.23. The van der Waals surface area contributed by atoms with E-state index in [4.69, 9.17) is 0 Å². The van der Waals surface area contributed by atoms with Crippen molar-refractivity contribution in [1.29, 1.82) is 0 Å². The molecule has 1 aromatic rings. The molecule has 146 valence electrons. The first-order valence-corrected chi connectivity index (χ1v) is 9.69. The molecule has 0 aromatic heterocycles. The third-order valence-electron chi connectivity index (χ3n) is 6.69. The van der Waals surface area contributed by atoms with E-state index in [1.165, 1.54) is 0 Å². The molecule has 1 unspecified atom stereocenters. The smallest absolute Gasteiger partial charge is 0.262 e. The number of fused-ring (bicyclic) bond motifs is 2. The number of carbonyl (C=O) groups excluding carboxylic acids is 4. The zero-order valence-electron chi connectivity index (χ0n) is 15.7. The summed E-state index contributed by atoms with van der Waals surface area (Å²) in [7, 11) is 0. The van der Waals surface area contributed by atoms with Crippen molar-refractivity contribution < 1.29 is 19.2 Å². The fourth-order valence-corrected chi connectivity index (χ4v) is 5.01. The number of nitrogens with one attached hydrogen (secondary N) is 2. The van der Waals surface area contributed by atoms with Crippen LogP contribution < -0.4 is 15.5 Å². The predicted molar refractivity (Wildman–Crippen MR) is 99.8 cm³/mol. The highest BCUT2D eigenvalue weighted by atomic mass is 16.2. The summed E-state index contributed by atoms with van der Waals surface area (Å²) in [6, 6.07) is 4.42. The minimum atomic E-state index is -0.926. The molecule has 4 aliphatic heterocycles. The Bertz CT molecular complexity index is 929. The Labute approximate surface area is 162 Å². The predicted octanol–water partition coefficient (Wildman–Crippen LogP) is 0.134. The number of rotatable bonds is 2. The molecule has 1 aromatic carbocycles. The van der Waals surface area contributed by atoms with Gasteiger partial charge in [0.25, 0.3) is 11.8 Å². The highest BCUT2D eigenvalue weighted by Crippen LogP contribution is 2.41. The maximum Gasteiger partial charge on any atom is 0.262 e. The molecule has 5 rings (SSSR count). The monoisotopic (exact) mass is 382 g/mol. The van der Waals surface area contributed by atoms with Crippen LogP contribution in [0, 0.1) is 11.3 Å². The first-order chi connectivity index (χ1) is 13.4. The van der Waals surface area contributed by atoms with E-state index < -0.39 is 23.8 Å².